The highest BCUT2D eigenvalue weighted by molar-refractivity contribution is 5.88. The number of hydrogen-bond donors (Lipinski definition) is 1. The van der Waals surface area contributed by atoms with Crippen molar-refractivity contribution in [2.75, 3.05) is 0 Å². The Kier molecular flexibility index (Phi) is 4.18. The fraction of sp³-hybridized carbons (Fsp3) is 0.143. The monoisotopic (exact) mass is 323 g/mol. The lowest BCUT2D eigenvalue weighted by molar-refractivity contribution is -0.141. The highest BCUT2D eigenvalue weighted by Crippen LogP contribution is 2.33. The Morgan fingerprint density at radius 3 is 2.48 bits per heavy atom. The molecule has 0 unspecified atom stereocenters. The van der Waals surface area contributed by atoms with Crippen molar-refractivity contribution in [2.24, 2.45) is 0 Å². The molecule has 0 fully saturated rings. The van der Waals surface area contributed by atoms with Gasteiger partial charge in [0.05, 0.1) is 11.6 Å². The average Bonchev–Trinajstić information content (AvgIpc) is 2.48. The van der Waals surface area contributed by atoms with Gasteiger partial charge < -0.3 is 9.84 Å². The molecule has 1 heterocycles. The van der Waals surface area contributed by atoms with Gasteiger partial charge in [-0.1, -0.05) is 0 Å². The second kappa shape index (κ2) is 5.92. The van der Waals surface area contributed by atoms with Gasteiger partial charge in [0.15, 0.2) is 11.4 Å². The highest BCUT2D eigenvalue weighted by Gasteiger charge is 2.35. The van der Waals surface area contributed by atoms with E-state index in [4.69, 9.17) is 15.1 Å². The molecule has 6 nitrogen and oxygen atoms in total. The number of aromatic carboxylic acids is 1. The number of carboxylic acid groups (broad SMARTS) is 1. The summed E-state index contributed by atoms with van der Waals surface area (Å²) in [7, 11) is 0. The van der Waals surface area contributed by atoms with E-state index in [1.165, 1.54) is 18.2 Å². The first kappa shape index (κ1) is 16.2. The predicted molar refractivity (Wildman–Crippen MR) is 70.0 cm³/mol. The number of ether oxygens (including phenoxy) is 1. The lowest BCUT2D eigenvalue weighted by Gasteiger charge is -2.12. The standard InChI is InChI=1S/C14H8F3N3O3/c1-7-4-8(6-18)2-3-9(7)23-10-5-11(14(15,16)17)19-20-12(10)13(21)22/h2-5H,1H3,(H,21,22). The summed E-state index contributed by atoms with van der Waals surface area (Å²) >= 11 is 0. The van der Waals surface area contributed by atoms with Gasteiger partial charge in [0.2, 0.25) is 5.69 Å². The number of halogens is 3. The van der Waals surface area contributed by atoms with E-state index in [0.717, 1.165) is 0 Å². The molecule has 2 aromatic rings. The van der Waals surface area contributed by atoms with E-state index >= 15 is 0 Å². The minimum absolute atomic E-state index is 0.104. The van der Waals surface area contributed by atoms with E-state index in [9.17, 15) is 18.0 Å². The summed E-state index contributed by atoms with van der Waals surface area (Å²) in [5.41, 5.74) is -1.34. The Labute approximate surface area is 127 Å². The molecule has 0 atom stereocenters. The third-order valence-corrected chi connectivity index (χ3v) is 2.78. The zero-order chi connectivity index (χ0) is 17.2. The first-order chi connectivity index (χ1) is 10.7. The molecule has 2 rings (SSSR count). The summed E-state index contributed by atoms with van der Waals surface area (Å²) in [6, 6.07) is 6.56. The van der Waals surface area contributed by atoms with Gasteiger partial charge in [-0.25, -0.2) is 4.79 Å². The summed E-state index contributed by atoms with van der Waals surface area (Å²) in [6.45, 7) is 1.57. The maximum atomic E-state index is 12.7. The van der Waals surface area contributed by atoms with Crippen molar-refractivity contribution < 1.29 is 27.8 Å². The summed E-state index contributed by atoms with van der Waals surface area (Å²) in [4.78, 5) is 11.1. The topological polar surface area (TPSA) is 96.1 Å². The van der Waals surface area contributed by atoms with E-state index < -0.39 is 29.3 Å². The fourth-order valence-electron chi connectivity index (χ4n) is 1.69. The normalized spacial score (nSPS) is 10.9. The number of nitrogens with zero attached hydrogens (tertiary/aromatic N) is 3. The summed E-state index contributed by atoms with van der Waals surface area (Å²) in [6.07, 6.45) is -4.79. The molecular formula is C14H8F3N3O3. The van der Waals surface area contributed by atoms with Crippen molar-refractivity contribution >= 4 is 5.97 Å². The molecular weight excluding hydrogens is 315 g/mol. The molecule has 0 saturated carbocycles. The summed E-state index contributed by atoms with van der Waals surface area (Å²) in [5, 5.41) is 23.7. The highest BCUT2D eigenvalue weighted by atomic mass is 19.4. The van der Waals surface area contributed by atoms with Crippen LogP contribution in [-0.4, -0.2) is 21.3 Å². The molecule has 0 bridgehead atoms. The number of nitriles is 1. The molecule has 0 aliphatic heterocycles. The third kappa shape index (κ3) is 3.55. The van der Waals surface area contributed by atoms with Crippen molar-refractivity contribution in [3.8, 4) is 17.6 Å². The van der Waals surface area contributed by atoms with Crippen LogP contribution in [0.1, 0.15) is 27.3 Å². The van der Waals surface area contributed by atoms with Crippen molar-refractivity contribution in [2.45, 2.75) is 13.1 Å². The van der Waals surface area contributed by atoms with Gasteiger partial charge in [-0.3, -0.25) is 0 Å². The minimum atomic E-state index is -4.79. The van der Waals surface area contributed by atoms with E-state index in [1.807, 2.05) is 6.07 Å². The number of rotatable bonds is 3. The maximum Gasteiger partial charge on any atom is 0.435 e. The van der Waals surface area contributed by atoms with Crippen LogP contribution in [0.15, 0.2) is 24.3 Å². The largest absolute Gasteiger partial charge is 0.476 e. The van der Waals surface area contributed by atoms with E-state index in [0.29, 0.717) is 17.2 Å². The Bertz CT molecular complexity index is 813. The van der Waals surface area contributed by atoms with Crippen molar-refractivity contribution in [1.29, 1.82) is 5.26 Å². The third-order valence-electron chi connectivity index (χ3n) is 2.78. The number of hydrogen-bond acceptors (Lipinski definition) is 5. The first-order valence-electron chi connectivity index (χ1n) is 6.09. The van der Waals surface area contributed by atoms with Gasteiger partial charge in [0.1, 0.15) is 5.75 Å². The lowest BCUT2D eigenvalue weighted by atomic mass is 10.1. The zero-order valence-electron chi connectivity index (χ0n) is 11.5. The second-order valence-corrected chi connectivity index (χ2v) is 4.44. The van der Waals surface area contributed by atoms with Crippen LogP contribution >= 0.6 is 0 Å². The van der Waals surface area contributed by atoms with E-state index in [-0.39, 0.29) is 5.75 Å². The van der Waals surface area contributed by atoms with Gasteiger partial charge >= 0.3 is 12.1 Å². The number of alkyl halides is 3. The molecule has 0 radical (unpaired) electrons. The van der Waals surface area contributed by atoms with E-state index in [1.54, 1.807) is 6.92 Å². The SMILES string of the molecule is Cc1cc(C#N)ccc1Oc1cc(C(F)(F)F)nnc1C(=O)O. The maximum absolute atomic E-state index is 12.7. The Morgan fingerprint density at radius 1 is 1.26 bits per heavy atom. The van der Waals surface area contributed by atoms with Gasteiger partial charge in [-0.15, -0.1) is 10.2 Å². The average molecular weight is 323 g/mol. The number of carbonyl (C=O) groups is 1. The Balaban J connectivity index is 2.49. The molecule has 0 amide bonds. The molecule has 1 N–H and O–H groups in total. The van der Waals surface area contributed by atoms with Crippen LogP contribution in [0.25, 0.3) is 0 Å². The molecule has 0 aliphatic rings. The second-order valence-electron chi connectivity index (χ2n) is 4.44. The predicted octanol–water partition coefficient (Wildman–Crippen LogP) is 3.17. The van der Waals surface area contributed by atoms with Gasteiger partial charge in [-0.05, 0) is 30.7 Å². The van der Waals surface area contributed by atoms with Crippen molar-refractivity contribution in [1.82, 2.24) is 10.2 Å². The molecule has 1 aromatic heterocycles. The summed E-state index contributed by atoms with van der Waals surface area (Å²) < 4.78 is 43.3. The van der Waals surface area contributed by atoms with E-state index in [2.05, 4.69) is 10.2 Å². The molecule has 9 heteroatoms. The zero-order valence-corrected chi connectivity index (χ0v) is 11.5. The molecule has 0 saturated heterocycles. The Morgan fingerprint density at radius 2 is 1.96 bits per heavy atom. The van der Waals surface area contributed by atoms with Gasteiger partial charge in [0.25, 0.3) is 0 Å². The number of aryl methyl sites for hydroxylation is 1. The summed E-state index contributed by atoms with van der Waals surface area (Å²) in [5.74, 6) is -2.06. The van der Waals surface area contributed by atoms with Crippen LogP contribution in [0.3, 0.4) is 0 Å². The van der Waals surface area contributed by atoms with Crippen LogP contribution in [0.2, 0.25) is 0 Å². The minimum Gasteiger partial charge on any atom is -0.476 e. The van der Waals surface area contributed by atoms with Crippen LogP contribution in [-0.2, 0) is 6.18 Å². The van der Waals surface area contributed by atoms with Crippen molar-refractivity contribution in [3.63, 3.8) is 0 Å². The van der Waals surface area contributed by atoms with Gasteiger partial charge in [-0.2, -0.15) is 18.4 Å². The molecule has 1 aromatic carbocycles. The number of benzene rings is 1. The number of carboxylic acids is 1. The van der Waals surface area contributed by atoms with Crippen LogP contribution in [0, 0.1) is 18.3 Å². The molecule has 0 spiro atoms. The molecule has 0 aliphatic carbocycles. The van der Waals surface area contributed by atoms with Gasteiger partial charge in [0, 0.05) is 6.07 Å². The fourth-order valence-corrected chi connectivity index (χ4v) is 1.69. The lowest BCUT2D eigenvalue weighted by Crippen LogP contribution is -2.13. The van der Waals surface area contributed by atoms with Crippen LogP contribution < -0.4 is 4.74 Å². The number of aromatic nitrogens is 2. The quantitative estimate of drug-likeness (QED) is 0.932. The van der Waals surface area contributed by atoms with Crippen LogP contribution in [0.5, 0.6) is 11.5 Å². The van der Waals surface area contributed by atoms with Crippen LogP contribution in [0.4, 0.5) is 13.2 Å². The smallest absolute Gasteiger partial charge is 0.435 e. The molecule has 23 heavy (non-hydrogen) atoms. The van der Waals surface area contributed by atoms with Crippen molar-refractivity contribution in [3.05, 3.63) is 46.8 Å². The Hall–Kier alpha value is -3.15. The molecule has 118 valence electrons. The first-order valence-corrected chi connectivity index (χ1v) is 6.09.